The molecular weight excluding hydrogens is 224 g/mol. The molecule has 1 amide bonds. The van der Waals surface area contributed by atoms with Gasteiger partial charge in [-0.3, -0.25) is 4.79 Å². The van der Waals surface area contributed by atoms with Crippen molar-refractivity contribution < 1.29 is 4.79 Å². The van der Waals surface area contributed by atoms with Gasteiger partial charge in [-0.1, -0.05) is 20.3 Å². The summed E-state index contributed by atoms with van der Waals surface area (Å²) < 4.78 is 0. The Morgan fingerprint density at radius 1 is 1.44 bits per heavy atom. The average Bonchev–Trinajstić information content (AvgIpc) is 3.05. The third-order valence-electron chi connectivity index (χ3n) is 5.57. The fraction of sp³-hybridized carbons (Fsp3) is 0.867. The van der Waals surface area contributed by atoms with Crippen LogP contribution in [0.5, 0.6) is 0 Å². The highest BCUT2D eigenvalue weighted by molar-refractivity contribution is 5.91. The lowest BCUT2D eigenvalue weighted by Gasteiger charge is -2.25. The van der Waals surface area contributed by atoms with Crippen LogP contribution in [0.1, 0.15) is 52.4 Å². The van der Waals surface area contributed by atoms with Gasteiger partial charge in [-0.05, 0) is 49.9 Å². The van der Waals surface area contributed by atoms with E-state index in [-0.39, 0.29) is 11.8 Å². The summed E-state index contributed by atoms with van der Waals surface area (Å²) in [6.45, 7) is 4.00. The average molecular weight is 248 g/mol. The van der Waals surface area contributed by atoms with Gasteiger partial charge >= 0.3 is 0 Å². The maximum atomic E-state index is 11.7. The van der Waals surface area contributed by atoms with Gasteiger partial charge in [0.25, 0.3) is 0 Å². The highest BCUT2D eigenvalue weighted by Crippen LogP contribution is 2.57. The number of fused-ring (bicyclic) bond motifs is 5. The number of nitrogens with one attached hydrogen (secondary N) is 1. The second-order valence-electron chi connectivity index (χ2n) is 6.45. The number of rotatable bonds is 3. The summed E-state index contributed by atoms with van der Waals surface area (Å²) in [5, 5.41) is 4.45. The van der Waals surface area contributed by atoms with Gasteiger partial charge in [-0.2, -0.15) is 5.10 Å². The first kappa shape index (κ1) is 12.2. The van der Waals surface area contributed by atoms with E-state index in [0.29, 0.717) is 5.92 Å². The van der Waals surface area contributed by atoms with Crippen LogP contribution in [0.3, 0.4) is 0 Å². The SMILES string of the molecule is CC[C@H](C)C(=O)NN=C1C[C@H]2C[C@H]1[C@@H]1CCC[C@H]21. The molecule has 1 N–H and O–H groups in total. The molecule has 3 rings (SSSR count). The summed E-state index contributed by atoms with van der Waals surface area (Å²) in [6, 6.07) is 0. The first-order chi connectivity index (χ1) is 8.70. The van der Waals surface area contributed by atoms with E-state index in [1.165, 1.54) is 31.4 Å². The molecule has 0 aromatic heterocycles. The molecule has 100 valence electrons. The van der Waals surface area contributed by atoms with Crippen LogP contribution >= 0.6 is 0 Å². The van der Waals surface area contributed by atoms with E-state index in [9.17, 15) is 4.79 Å². The van der Waals surface area contributed by atoms with Gasteiger partial charge in [-0.15, -0.1) is 0 Å². The zero-order valence-corrected chi connectivity index (χ0v) is 11.5. The molecule has 5 atom stereocenters. The summed E-state index contributed by atoms with van der Waals surface area (Å²) in [5.41, 5.74) is 4.08. The van der Waals surface area contributed by atoms with Crippen molar-refractivity contribution in [3.05, 3.63) is 0 Å². The second-order valence-corrected chi connectivity index (χ2v) is 6.45. The van der Waals surface area contributed by atoms with E-state index < -0.39 is 0 Å². The highest BCUT2D eigenvalue weighted by atomic mass is 16.2. The minimum Gasteiger partial charge on any atom is -0.273 e. The molecule has 0 heterocycles. The predicted molar refractivity (Wildman–Crippen MR) is 72.1 cm³/mol. The molecule has 0 aliphatic heterocycles. The Kier molecular flexibility index (Phi) is 3.16. The maximum absolute atomic E-state index is 11.7. The Balaban J connectivity index is 1.63. The lowest BCUT2D eigenvalue weighted by Crippen LogP contribution is -2.30. The minimum absolute atomic E-state index is 0.0761. The summed E-state index contributed by atoms with van der Waals surface area (Å²) in [5.74, 6) is 3.60. The molecule has 0 radical (unpaired) electrons. The summed E-state index contributed by atoms with van der Waals surface area (Å²) in [4.78, 5) is 11.7. The fourth-order valence-electron chi connectivity index (χ4n) is 4.37. The number of carbonyl (C=O) groups excluding carboxylic acids is 1. The highest BCUT2D eigenvalue weighted by Gasteiger charge is 2.52. The number of carbonyl (C=O) groups is 1. The molecule has 3 aliphatic carbocycles. The van der Waals surface area contributed by atoms with Gasteiger partial charge in [-0.25, -0.2) is 5.43 Å². The predicted octanol–water partition coefficient (Wildman–Crippen LogP) is 2.96. The Morgan fingerprint density at radius 3 is 3.00 bits per heavy atom. The van der Waals surface area contributed by atoms with Crippen LogP contribution in [-0.2, 0) is 4.79 Å². The number of hydrazone groups is 1. The van der Waals surface area contributed by atoms with Crippen molar-refractivity contribution >= 4 is 11.6 Å². The monoisotopic (exact) mass is 248 g/mol. The Labute approximate surface area is 109 Å². The minimum atomic E-state index is 0.0761. The van der Waals surface area contributed by atoms with E-state index in [1.807, 2.05) is 13.8 Å². The molecular formula is C15H24N2O. The summed E-state index contributed by atoms with van der Waals surface area (Å²) >= 11 is 0. The second kappa shape index (κ2) is 4.67. The third kappa shape index (κ3) is 1.88. The van der Waals surface area contributed by atoms with E-state index in [2.05, 4.69) is 10.5 Å². The van der Waals surface area contributed by atoms with Gasteiger partial charge in [0, 0.05) is 17.5 Å². The first-order valence-corrected chi connectivity index (χ1v) is 7.57. The molecule has 0 aromatic rings. The molecule has 0 aromatic carbocycles. The van der Waals surface area contributed by atoms with Crippen molar-refractivity contribution in [1.29, 1.82) is 0 Å². The smallest absolute Gasteiger partial charge is 0.242 e. The largest absolute Gasteiger partial charge is 0.273 e. The standard InChI is InChI=1S/C15H24N2O/c1-3-9(2)15(18)17-16-14-8-10-7-13(14)12-6-4-5-11(10)12/h9-13H,3-8H2,1-2H3,(H,17,18)/t9-,10+,11+,12+,13-/m0/s1. The number of amides is 1. The number of nitrogens with zero attached hydrogens (tertiary/aromatic N) is 1. The van der Waals surface area contributed by atoms with Crippen molar-refractivity contribution in [2.75, 3.05) is 0 Å². The van der Waals surface area contributed by atoms with Gasteiger partial charge in [0.1, 0.15) is 0 Å². The maximum Gasteiger partial charge on any atom is 0.242 e. The topological polar surface area (TPSA) is 41.5 Å². The van der Waals surface area contributed by atoms with Crippen LogP contribution in [0.4, 0.5) is 0 Å². The van der Waals surface area contributed by atoms with Crippen LogP contribution in [-0.4, -0.2) is 11.6 Å². The van der Waals surface area contributed by atoms with Crippen LogP contribution in [0.15, 0.2) is 5.10 Å². The van der Waals surface area contributed by atoms with Crippen LogP contribution in [0.2, 0.25) is 0 Å². The van der Waals surface area contributed by atoms with Crippen molar-refractivity contribution in [1.82, 2.24) is 5.43 Å². The van der Waals surface area contributed by atoms with Crippen molar-refractivity contribution in [2.45, 2.75) is 52.4 Å². The van der Waals surface area contributed by atoms with Crippen molar-refractivity contribution in [3.8, 4) is 0 Å². The zero-order chi connectivity index (χ0) is 12.7. The normalized spacial score (nSPS) is 41.1. The Bertz CT molecular complexity index is 377. The van der Waals surface area contributed by atoms with E-state index in [4.69, 9.17) is 0 Å². The summed E-state index contributed by atoms with van der Waals surface area (Å²) in [7, 11) is 0. The van der Waals surface area contributed by atoms with Gasteiger partial charge in [0.15, 0.2) is 0 Å². The molecule has 3 fully saturated rings. The first-order valence-electron chi connectivity index (χ1n) is 7.57. The van der Waals surface area contributed by atoms with E-state index >= 15 is 0 Å². The molecule has 3 aliphatic rings. The van der Waals surface area contributed by atoms with Crippen molar-refractivity contribution in [2.24, 2.45) is 34.7 Å². The molecule has 18 heavy (non-hydrogen) atoms. The summed E-state index contributed by atoms with van der Waals surface area (Å²) in [6.07, 6.45) is 7.62. The molecule has 3 nitrogen and oxygen atoms in total. The Morgan fingerprint density at radius 2 is 2.22 bits per heavy atom. The van der Waals surface area contributed by atoms with E-state index in [0.717, 1.165) is 30.6 Å². The number of hydrogen-bond acceptors (Lipinski definition) is 2. The fourth-order valence-corrected chi connectivity index (χ4v) is 4.37. The van der Waals surface area contributed by atoms with Gasteiger partial charge in [0.05, 0.1) is 0 Å². The van der Waals surface area contributed by atoms with Crippen LogP contribution in [0.25, 0.3) is 0 Å². The lowest BCUT2D eigenvalue weighted by molar-refractivity contribution is -0.124. The van der Waals surface area contributed by atoms with Crippen molar-refractivity contribution in [3.63, 3.8) is 0 Å². The van der Waals surface area contributed by atoms with Gasteiger partial charge < -0.3 is 0 Å². The zero-order valence-electron chi connectivity index (χ0n) is 11.5. The number of hydrogen-bond donors (Lipinski definition) is 1. The molecule has 3 saturated carbocycles. The molecule has 0 spiro atoms. The lowest BCUT2D eigenvalue weighted by atomic mass is 9.81. The molecule has 0 saturated heterocycles. The van der Waals surface area contributed by atoms with Crippen LogP contribution in [0, 0.1) is 29.6 Å². The third-order valence-corrected chi connectivity index (χ3v) is 5.57. The van der Waals surface area contributed by atoms with Crippen LogP contribution < -0.4 is 5.43 Å². The molecule has 0 unspecified atom stereocenters. The molecule has 3 heteroatoms. The van der Waals surface area contributed by atoms with Gasteiger partial charge in [0.2, 0.25) is 5.91 Å². The quantitative estimate of drug-likeness (QED) is 0.766. The molecule has 2 bridgehead atoms. The Hall–Kier alpha value is -0.860. The van der Waals surface area contributed by atoms with E-state index in [1.54, 1.807) is 0 Å².